The Bertz CT molecular complexity index is 952. The molecule has 9 heteroatoms. The van der Waals surface area contributed by atoms with E-state index < -0.39 is 12.5 Å². The molecule has 0 amide bonds. The summed E-state index contributed by atoms with van der Waals surface area (Å²) < 4.78 is 22.8. The second-order valence-corrected chi connectivity index (χ2v) is 7.43. The van der Waals surface area contributed by atoms with E-state index >= 15 is 0 Å². The van der Waals surface area contributed by atoms with E-state index in [4.69, 9.17) is 24.7 Å². The number of halogens is 1. The summed E-state index contributed by atoms with van der Waals surface area (Å²) in [5.41, 5.74) is 8.43. The summed E-state index contributed by atoms with van der Waals surface area (Å²) in [5, 5.41) is 9.63. The maximum atomic E-state index is 11.8. The number of ether oxygens (including phenoxy) is 4. The third-order valence-corrected chi connectivity index (χ3v) is 5.69. The molecule has 2 heterocycles. The number of methoxy groups -OCH3 is 2. The van der Waals surface area contributed by atoms with Crippen molar-refractivity contribution in [3.05, 3.63) is 45.3 Å². The summed E-state index contributed by atoms with van der Waals surface area (Å²) >= 11 is 3.52. The van der Waals surface area contributed by atoms with Crippen LogP contribution >= 0.6 is 15.9 Å². The maximum absolute atomic E-state index is 11.8. The second-order valence-electron chi connectivity index (χ2n) is 6.58. The van der Waals surface area contributed by atoms with Crippen LogP contribution in [0.4, 0.5) is 0 Å². The monoisotopic (exact) mass is 447 g/mol. The first-order valence-electron chi connectivity index (χ1n) is 8.63. The normalized spacial score (nSPS) is 25.8. The molecule has 1 aliphatic carbocycles. The number of allylic oxidation sites excluding steroid dienone is 1. The Hall–Kier alpha value is -2.70. The summed E-state index contributed by atoms with van der Waals surface area (Å²) in [4.78, 5) is 13.1. The van der Waals surface area contributed by atoms with Crippen LogP contribution in [-0.4, -0.2) is 37.5 Å². The topological polar surface area (TPSA) is 107 Å². The minimum absolute atomic E-state index is 0.213. The molecule has 4 rings (SSSR count). The molecule has 1 aromatic carbocycles. The van der Waals surface area contributed by atoms with Crippen molar-refractivity contribution in [2.24, 2.45) is 5.73 Å². The lowest BCUT2D eigenvalue weighted by Gasteiger charge is -2.34. The molecule has 0 saturated carbocycles. The minimum Gasteiger partial charge on any atom is -0.493 e. The third-order valence-electron chi connectivity index (χ3n) is 5.11. The van der Waals surface area contributed by atoms with Crippen LogP contribution in [0.5, 0.6) is 11.5 Å². The highest BCUT2D eigenvalue weighted by Gasteiger charge is 2.47. The fourth-order valence-corrected chi connectivity index (χ4v) is 4.50. The lowest BCUT2D eigenvalue weighted by Crippen LogP contribution is -2.36. The van der Waals surface area contributed by atoms with Gasteiger partial charge in [0, 0.05) is 5.92 Å². The summed E-state index contributed by atoms with van der Waals surface area (Å²) in [7, 11) is 3.13. The Kier molecular flexibility index (Phi) is 4.69. The van der Waals surface area contributed by atoms with Crippen LogP contribution in [-0.2, 0) is 14.3 Å². The van der Waals surface area contributed by atoms with Crippen LogP contribution in [0.2, 0.25) is 0 Å². The molecule has 1 aromatic rings. The Morgan fingerprint density at radius 2 is 2.11 bits per heavy atom. The molecule has 28 heavy (non-hydrogen) atoms. The Balaban J connectivity index is 1.86. The van der Waals surface area contributed by atoms with E-state index in [2.05, 4.69) is 22.1 Å². The fourth-order valence-electron chi connectivity index (χ4n) is 3.88. The van der Waals surface area contributed by atoms with Crippen molar-refractivity contribution in [2.75, 3.05) is 14.2 Å². The maximum Gasteiger partial charge on any atom is 0.310 e. The summed E-state index contributed by atoms with van der Waals surface area (Å²) in [6.07, 6.45) is 3.13. The molecule has 3 atom stereocenters. The Morgan fingerprint density at radius 1 is 1.32 bits per heavy atom. The van der Waals surface area contributed by atoms with Gasteiger partial charge in [-0.3, -0.25) is 10.5 Å². The molecule has 2 aliphatic heterocycles. The number of hydrogen-bond donors (Lipinski definition) is 1. The Morgan fingerprint density at radius 3 is 2.79 bits per heavy atom. The van der Waals surface area contributed by atoms with Gasteiger partial charge in [-0.1, -0.05) is 6.08 Å². The standard InChI is InChI=1S/C19H18BrN3O5/c1-25-13-7-10(6-12(20)17(13)26-2)11-5-9-3-4-14(24)27-16(9)18-15(11)23(8-21)19(22)28-18/h3,6-7,11,16,19H,4-5,22H2,1-2H3. The average molecular weight is 448 g/mol. The van der Waals surface area contributed by atoms with Gasteiger partial charge < -0.3 is 18.9 Å². The molecule has 0 radical (unpaired) electrons. The number of esters is 1. The first-order valence-corrected chi connectivity index (χ1v) is 9.42. The zero-order chi connectivity index (χ0) is 20.0. The Labute approximate surface area is 170 Å². The highest BCUT2D eigenvalue weighted by atomic mass is 79.9. The first-order chi connectivity index (χ1) is 13.5. The predicted octanol–water partition coefficient (Wildman–Crippen LogP) is 2.46. The van der Waals surface area contributed by atoms with Gasteiger partial charge in [-0.05, 0) is 45.6 Å². The molecule has 0 saturated heterocycles. The molecule has 8 nitrogen and oxygen atoms in total. The van der Waals surface area contributed by atoms with Crippen molar-refractivity contribution >= 4 is 21.9 Å². The van der Waals surface area contributed by atoms with Crippen molar-refractivity contribution in [2.45, 2.75) is 31.2 Å². The van der Waals surface area contributed by atoms with Gasteiger partial charge in [0.05, 0.1) is 30.8 Å². The number of nitriles is 1. The van der Waals surface area contributed by atoms with Crippen LogP contribution in [0.1, 0.15) is 24.3 Å². The first kappa shape index (κ1) is 18.7. The van der Waals surface area contributed by atoms with Crippen molar-refractivity contribution in [3.8, 4) is 17.7 Å². The van der Waals surface area contributed by atoms with Crippen molar-refractivity contribution in [3.63, 3.8) is 0 Å². The zero-order valence-corrected chi connectivity index (χ0v) is 16.9. The highest BCUT2D eigenvalue weighted by Crippen LogP contribution is 2.50. The fraction of sp³-hybridized carbons (Fsp3) is 0.368. The van der Waals surface area contributed by atoms with Gasteiger partial charge in [0.2, 0.25) is 6.35 Å². The van der Waals surface area contributed by atoms with Crippen LogP contribution in [0.15, 0.2) is 39.7 Å². The van der Waals surface area contributed by atoms with Gasteiger partial charge >= 0.3 is 5.97 Å². The van der Waals surface area contributed by atoms with Crippen molar-refractivity contribution in [1.29, 1.82) is 5.26 Å². The number of carbonyl (C=O) groups is 1. The molecule has 2 N–H and O–H groups in total. The average Bonchev–Trinajstić information content (AvgIpc) is 3.03. The highest BCUT2D eigenvalue weighted by molar-refractivity contribution is 9.10. The molecule has 3 aliphatic rings. The number of fused-ring (bicyclic) bond motifs is 2. The molecule has 0 bridgehead atoms. The third kappa shape index (κ3) is 2.80. The van der Waals surface area contributed by atoms with E-state index in [1.807, 2.05) is 18.2 Å². The van der Waals surface area contributed by atoms with Gasteiger partial charge in [0.25, 0.3) is 0 Å². The molecule has 0 spiro atoms. The van der Waals surface area contributed by atoms with E-state index in [1.165, 1.54) is 4.90 Å². The van der Waals surface area contributed by atoms with Gasteiger partial charge in [0.15, 0.2) is 29.6 Å². The van der Waals surface area contributed by atoms with Crippen LogP contribution < -0.4 is 15.2 Å². The van der Waals surface area contributed by atoms with E-state index in [9.17, 15) is 10.1 Å². The molecule has 0 aromatic heterocycles. The van der Waals surface area contributed by atoms with Crippen LogP contribution in [0.3, 0.4) is 0 Å². The number of benzene rings is 1. The number of nitrogens with zero attached hydrogens (tertiary/aromatic N) is 2. The summed E-state index contributed by atoms with van der Waals surface area (Å²) in [6, 6.07) is 3.79. The van der Waals surface area contributed by atoms with Crippen LogP contribution in [0, 0.1) is 11.5 Å². The molecular formula is C19H18BrN3O5. The van der Waals surface area contributed by atoms with E-state index in [-0.39, 0.29) is 18.3 Å². The van der Waals surface area contributed by atoms with Gasteiger partial charge in [-0.2, -0.15) is 5.26 Å². The van der Waals surface area contributed by atoms with Crippen molar-refractivity contribution in [1.82, 2.24) is 4.90 Å². The SMILES string of the molecule is COc1cc(C2CC3=CCC(=O)OC3C3=C2N(C#N)C(N)O3)cc(Br)c1OC. The molecule has 146 valence electrons. The molecular weight excluding hydrogens is 430 g/mol. The summed E-state index contributed by atoms with van der Waals surface area (Å²) in [5.74, 6) is 0.998. The lowest BCUT2D eigenvalue weighted by molar-refractivity contribution is -0.148. The van der Waals surface area contributed by atoms with Crippen LogP contribution in [0.25, 0.3) is 0 Å². The number of nitrogens with two attached hydrogens (primary N) is 1. The molecule has 0 fully saturated rings. The summed E-state index contributed by atoms with van der Waals surface area (Å²) in [6.45, 7) is 0. The molecule has 3 unspecified atom stereocenters. The largest absolute Gasteiger partial charge is 0.493 e. The van der Waals surface area contributed by atoms with Crippen molar-refractivity contribution < 1.29 is 23.7 Å². The number of hydrogen-bond acceptors (Lipinski definition) is 8. The van der Waals surface area contributed by atoms with Gasteiger partial charge in [-0.15, -0.1) is 0 Å². The predicted molar refractivity (Wildman–Crippen MR) is 101 cm³/mol. The smallest absolute Gasteiger partial charge is 0.310 e. The zero-order valence-electron chi connectivity index (χ0n) is 15.3. The quantitative estimate of drug-likeness (QED) is 0.427. The number of rotatable bonds is 3. The van der Waals surface area contributed by atoms with E-state index in [0.717, 1.165) is 15.6 Å². The van der Waals surface area contributed by atoms with Gasteiger partial charge in [-0.25, -0.2) is 4.90 Å². The van der Waals surface area contributed by atoms with E-state index in [1.54, 1.807) is 14.2 Å². The lowest BCUT2D eigenvalue weighted by atomic mass is 9.80. The number of carbonyl (C=O) groups excluding carboxylic acids is 1. The minimum atomic E-state index is -0.957. The van der Waals surface area contributed by atoms with E-state index in [0.29, 0.717) is 29.4 Å². The second kappa shape index (κ2) is 7.04. The van der Waals surface area contributed by atoms with Gasteiger partial charge in [0.1, 0.15) is 0 Å².